The number of aliphatic imine (C=N–C) groups is 1. The number of amides is 1. The topological polar surface area (TPSA) is 91.9 Å². The molecule has 0 atom stereocenters. The van der Waals surface area contributed by atoms with Gasteiger partial charge in [-0.1, -0.05) is 12.1 Å². The molecule has 0 radical (unpaired) electrons. The van der Waals surface area contributed by atoms with E-state index in [2.05, 4.69) is 32.8 Å². The Morgan fingerprint density at radius 2 is 2.12 bits per heavy atom. The lowest BCUT2D eigenvalue weighted by Crippen LogP contribution is -2.22. The van der Waals surface area contributed by atoms with E-state index >= 15 is 0 Å². The number of anilines is 1. The second kappa shape index (κ2) is 10.8. The summed E-state index contributed by atoms with van der Waals surface area (Å²) in [5.74, 6) is 0.781. The molecular formula is C26H29N5O3. The lowest BCUT2D eigenvalue weighted by Gasteiger charge is -2.14. The number of aryl methyl sites for hydroxylation is 1. The van der Waals surface area contributed by atoms with Crippen LogP contribution < -0.4 is 10.1 Å². The van der Waals surface area contributed by atoms with Crippen molar-refractivity contribution in [1.82, 2.24) is 9.47 Å². The summed E-state index contributed by atoms with van der Waals surface area (Å²) in [6.45, 7) is 8.18. The molecular weight excluding hydrogens is 430 g/mol. The Kier molecular flexibility index (Phi) is 7.33. The number of hydrogen-bond donors (Lipinski definition) is 1. The Bertz CT molecular complexity index is 1240. The van der Waals surface area contributed by atoms with Crippen molar-refractivity contribution in [3.8, 4) is 23.1 Å². The Hall–Kier alpha value is -3.99. The van der Waals surface area contributed by atoms with Crippen LogP contribution in [0, 0.1) is 11.3 Å². The number of nitrogens with zero attached hydrogens (tertiary/aromatic N) is 4. The number of carbonyl (C=O) groups excluding carboxylic acids is 1. The van der Waals surface area contributed by atoms with Gasteiger partial charge in [-0.2, -0.15) is 5.26 Å². The van der Waals surface area contributed by atoms with E-state index in [4.69, 9.17) is 9.47 Å². The molecule has 0 saturated carbocycles. The fraction of sp³-hybridized carbons (Fsp3) is 0.346. The number of hydrogen-bond acceptors (Lipinski definition) is 6. The summed E-state index contributed by atoms with van der Waals surface area (Å²) < 4.78 is 13.1. The van der Waals surface area contributed by atoms with Crippen molar-refractivity contribution in [3.05, 3.63) is 48.0 Å². The largest absolute Gasteiger partial charge is 0.493 e. The summed E-state index contributed by atoms with van der Waals surface area (Å²) in [4.78, 5) is 18.3. The zero-order valence-corrected chi connectivity index (χ0v) is 19.6. The van der Waals surface area contributed by atoms with Gasteiger partial charge in [0, 0.05) is 42.3 Å². The first kappa shape index (κ1) is 23.2. The van der Waals surface area contributed by atoms with Crippen molar-refractivity contribution < 1.29 is 14.3 Å². The predicted octanol–water partition coefficient (Wildman–Crippen LogP) is 4.88. The van der Waals surface area contributed by atoms with E-state index in [0.717, 1.165) is 54.0 Å². The number of aromatic nitrogens is 1. The van der Waals surface area contributed by atoms with E-state index in [0.29, 0.717) is 31.0 Å². The van der Waals surface area contributed by atoms with E-state index < -0.39 is 6.09 Å². The molecule has 8 nitrogen and oxygen atoms in total. The van der Waals surface area contributed by atoms with E-state index in [-0.39, 0.29) is 0 Å². The van der Waals surface area contributed by atoms with Crippen LogP contribution in [0.5, 0.6) is 5.75 Å². The molecule has 4 rings (SSSR count). The molecule has 3 aromatic rings. The Labute approximate surface area is 199 Å². The van der Waals surface area contributed by atoms with Gasteiger partial charge in [-0.15, -0.1) is 0 Å². The molecule has 1 aliphatic rings. The fourth-order valence-corrected chi connectivity index (χ4v) is 4.23. The minimum absolute atomic E-state index is 0.297. The highest BCUT2D eigenvalue weighted by Crippen LogP contribution is 2.36. The SMILES string of the molecule is CCOC(=O)Nc1cccc(-c2c(C#N)c3ccc(OCCCN4C=NCC4)cc3n2CC)c1. The molecule has 1 aliphatic heterocycles. The summed E-state index contributed by atoms with van der Waals surface area (Å²) in [7, 11) is 0. The molecule has 0 saturated heterocycles. The molecule has 1 aromatic heterocycles. The lowest BCUT2D eigenvalue weighted by atomic mass is 10.1. The number of rotatable bonds is 9. The van der Waals surface area contributed by atoms with E-state index in [1.165, 1.54) is 0 Å². The summed E-state index contributed by atoms with van der Waals surface area (Å²) in [5, 5.41) is 13.6. The monoisotopic (exact) mass is 459 g/mol. The molecule has 34 heavy (non-hydrogen) atoms. The highest BCUT2D eigenvalue weighted by Gasteiger charge is 2.19. The smallest absolute Gasteiger partial charge is 0.411 e. The first-order valence-corrected chi connectivity index (χ1v) is 11.6. The molecule has 0 fully saturated rings. The van der Waals surface area contributed by atoms with Gasteiger partial charge in [-0.25, -0.2) is 4.79 Å². The average Bonchev–Trinajstić information content (AvgIpc) is 3.47. The first-order chi connectivity index (χ1) is 16.6. The quantitative estimate of drug-likeness (QED) is 0.461. The van der Waals surface area contributed by atoms with Crippen molar-refractivity contribution in [2.24, 2.45) is 4.99 Å². The second-order valence-electron chi connectivity index (χ2n) is 7.94. The maximum atomic E-state index is 11.9. The van der Waals surface area contributed by atoms with Crippen LogP contribution in [0.2, 0.25) is 0 Å². The molecule has 2 heterocycles. The fourth-order valence-electron chi connectivity index (χ4n) is 4.23. The van der Waals surface area contributed by atoms with E-state index in [1.54, 1.807) is 13.0 Å². The molecule has 0 unspecified atom stereocenters. The van der Waals surface area contributed by atoms with E-state index in [1.807, 2.05) is 42.7 Å². The van der Waals surface area contributed by atoms with Crippen molar-refractivity contribution in [2.45, 2.75) is 26.8 Å². The number of benzene rings is 2. The van der Waals surface area contributed by atoms with Crippen LogP contribution in [0.15, 0.2) is 47.5 Å². The molecule has 2 aromatic carbocycles. The second-order valence-corrected chi connectivity index (χ2v) is 7.94. The maximum absolute atomic E-state index is 11.9. The van der Waals surface area contributed by atoms with Crippen molar-refractivity contribution in [3.63, 3.8) is 0 Å². The molecule has 1 N–H and O–H groups in total. The highest BCUT2D eigenvalue weighted by atomic mass is 16.5. The molecule has 176 valence electrons. The van der Waals surface area contributed by atoms with Crippen LogP contribution in [0.3, 0.4) is 0 Å². The van der Waals surface area contributed by atoms with Crippen LogP contribution in [-0.4, -0.2) is 54.7 Å². The Morgan fingerprint density at radius 1 is 1.24 bits per heavy atom. The van der Waals surface area contributed by atoms with Crippen molar-refractivity contribution in [1.29, 1.82) is 5.26 Å². The molecule has 1 amide bonds. The maximum Gasteiger partial charge on any atom is 0.411 e. The van der Waals surface area contributed by atoms with Crippen molar-refractivity contribution >= 4 is 29.0 Å². The van der Waals surface area contributed by atoms with Crippen LogP contribution in [0.25, 0.3) is 22.2 Å². The first-order valence-electron chi connectivity index (χ1n) is 11.6. The zero-order valence-electron chi connectivity index (χ0n) is 19.6. The van der Waals surface area contributed by atoms with Gasteiger partial charge >= 0.3 is 6.09 Å². The van der Waals surface area contributed by atoms with Crippen molar-refractivity contribution in [2.75, 3.05) is 38.2 Å². The van der Waals surface area contributed by atoms with Gasteiger partial charge in [0.1, 0.15) is 11.8 Å². The third-order valence-electron chi connectivity index (χ3n) is 5.74. The number of nitrogens with one attached hydrogen (secondary N) is 1. The predicted molar refractivity (Wildman–Crippen MR) is 133 cm³/mol. The molecule has 0 bridgehead atoms. The van der Waals surface area contributed by atoms with Gasteiger partial charge in [0.2, 0.25) is 0 Å². The number of ether oxygens (including phenoxy) is 2. The minimum Gasteiger partial charge on any atom is -0.493 e. The summed E-state index contributed by atoms with van der Waals surface area (Å²) in [5.41, 5.74) is 3.82. The van der Waals surface area contributed by atoms with Crippen LogP contribution in [-0.2, 0) is 11.3 Å². The van der Waals surface area contributed by atoms with Crippen LogP contribution >= 0.6 is 0 Å². The third-order valence-corrected chi connectivity index (χ3v) is 5.74. The van der Waals surface area contributed by atoms with Crippen LogP contribution in [0.1, 0.15) is 25.8 Å². The number of nitriles is 1. The van der Waals surface area contributed by atoms with Gasteiger partial charge in [0.15, 0.2) is 0 Å². The van der Waals surface area contributed by atoms with E-state index in [9.17, 15) is 10.1 Å². The zero-order chi connectivity index (χ0) is 23.9. The minimum atomic E-state index is -0.505. The van der Waals surface area contributed by atoms with Gasteiger partial charge in [-0.3, -0.25) is 10.3 Å². The normalized spacial score (nSPS) is 12.7. The molecule has 0 aliphatic carbocycles. The van der Waals surface area contributed by atoms with Crippen LogP contribution in [0.4, 0.5) is 10.5 Å². The average molecular weight is 460 g/mol. The third kappa shape index (κ3) is 4.99. The molecule has 8 heteroatoms. The van der Waals surface area contributed by atoms with Gasteiger partial charge in [-0.05, 0) is 44.5 Å². The Morgan fingerprint density at radius 3 is 2.85 bits per heavy atom. The number of carbonyl (C=O) groups is 1. The van der Waals surface area contributed by atoms with Gasteiger partial charge in [0.05, 0.1) is 42.9 Å². The summed E-state index contributed by atoms with van der Waals surface area (Å²) in [6, 6.07) is 15.7. The summed E-state index contributed by atoms with van der Waals surface area (Å²) >= 11 is 0. The standard InChI is InChI=1S/C26H29N5O3/c1-3-31-24-16-21(34-14-6-12-30-13-11-28-18-30)9-10-22(24)23(17-27)25(31)19-7-5-8-20(15-19)29-26(32)33-4-2/h5,7-10,15-16,18H,3-4,6,11-14H2,1-2H3,(H,29,32). The van der Waals surface area contributed by atoms with Gasteiger partial charge < -0.3 is 18.9 Å². The Balaban J connectivity index is 1.60. The lowest BCUT2D eigenvalue weighted by molar-refractivity contribution is 0.168. The summed E-state index contributed by atoms with van der Waals surface area (Å²) in [6.07, 6.45) is 2.31. The van der Waals surface area contributed by atoms with Gasteiger partial charge in [0.25, 0.3) is 0 Å². The highest BCUT2D eigenvalue weighted by molar-refractivity contribution is 5.96. The number of fused-ring (bicyclic) bond motifs is 1. The molecule has 0 spiro atoms.